The molecule has 0 aliphatic carbocycles. The summed E-state index contributed by atoms with van der Waals surface area (Å²) >= 11 is 0. The van der Waals surface area contributed by atoms with E-state index >= 15 is 0 Å². The van der Waals surface area contributed by atoms with E-state index in [2.05, 4.69) is 0 Å². The fourth-order valence-electron chi connectivity index (χ4n) is 1.08. The van der Waals surface area contributed by atoms with Crippen LogP contribution in [-0.2, 0) is 0 Å². The normalized spacial score (nSPS) is 10.8. The van der Waals surface area contributed by atoms with Crippen molar-refractivity contribution in [1.82, 2.24) is 0 Å². The Kier molecular flexibility index (Phi) is 4.13. The third-order valence-corrected chi connectivity index (χ3v) is 1.78. The Hall–Kier alpha value is -1.35. The summed E-state index contributed by atoms with van der Waals surface area (Å²) in [5.74, 6) is -0.136. The Labute approximate surface area is 82.6 Å². The first kappa shape index (κ1) is 10.7. The van der Waals surface area contributed by atoms with Crippen LogP contribution in [0.4, 0.5) is 4.39 Å². The zero-order chi connectivity index (χ0) is 10.4. The number of hydrogen-bond donors (Lipinski definition) is 1. The van der Waals surface area contributed by atoms with Crippen molar-refractivity contribution in [3.63, 3.8) is 0 Å². The van der Waals surface area contributed by atoms with Crippen molar-refractivity contribution in [2.24, 2.45) is 0 Å². The molecule has 0 radical (unpaired) electrons. The lowest BCUT2D eigenvalue weighted by molar-refractivity contribution is 0.303. The fraction of sp³-hybridized carbons (Fsp3) is 0.273. The second-order valence-corrected chi connectivity index (χ2v) is 2.81. The van der Waals surface area contributed by atoms with Gasteiger partial charge in [-0.15, -0.1) is 0 Å². The van der Waals surface area contributed by atoms with Gasteiger partial charge in [0, 0.05) is 6.61 Å². The van der Waals surface area contributed by atoms with Crippen LogP contribution in [0.3, 0.4) is 0 Å². The molecule has 0 saturated carbocycles. The molecule has 0 bridgehead atoms. The van der Waals surface area contributed by atoms with Crippen molar-refractivity contribution in [2.75, 3.05) is 13.7 Å². The van der Waals surface area contributed by atoms with Crippen LogP contribution in [0, 0.1) is 5.82 Å². The van der Waals surface area contributed by atoms with Crippen molar-refractivity contribution in [3.05, 3.63) is 35.7 Å². The molecular formula is C11H13FO2. The first-order valence-corrected chi connectivity index (χ1v) is 4.39. The molecule has 0 aromatic heterocycles. The standard InChI is InChI=1S/C11H13FO2/c1-14-11-6-5-9(8-10(11)12)4-2-3-7-13/h2,4-6,8,13H,3,7H2,1H3. The van der Waals surface area contributed by atoms with E-state index in [1.807, 2.05) is 0 Å². The summed E-state index contributed by atoms with van der Waals surface area (Å²) in [6.45, 7) is 0.106. The largest absolute Gasteiger partial charge is 0.494 e. The zero-order valence-electron chi connectivity index (χ0n) is 8.03. The highest BCUT2D eigenvalue weighted by Crippen LogP contribution is 2.18. The van der Waals surface area contributed by atoms with Crippen molar-refractivity contribution in [1.29, 1.82) is 0 Å². The molecule has 0 aliphatic heterocycles. The molecule has 0 saturated heterocycles. The number of hydrogen-bond acceptors (Lipinski definition) is 2. The highest BCUT2D eigenvalue weighted by atomic mass is 19.1. The van der Waals surface area contributed by atoms with Gasteiger partial charge in [0.15, 0.2) is 11.6 Å². The van der Waals surface area contributed by atoms with Crippen molar-refractivity contribution in [3.8, 4) is 5.75 Å². The molecule has 14 heavy (non-hydrogen) atoms. The molecule has 0 aliphatic rings. The molecule has 0 heterocycles. The maximum Gasteiger partial charge on any atom is 0.165 e. The lowest BCUT2D eigenvalue weighted by atomic mass is 10.2. The van der Waals surface area contributed by atoms with Gasteiger partial charge in [-0.05, 0) is 24.1 Å². The second kappa shape index (κ2) is 5.40. The lowest BCUT2D eigenvalue weighted by Gasteiger charge is -2.01. The van der Waals surface area contributed by atoms with Gasteiger partial charge in [-0.1, -0.05) is 18.2 Å². The molecule has 1 aromatic rings. The Morgan fingerprint density at radius 3 is 2.86 bits per heavy atom. The van der Waals surface area contributed by atoms with Gasteiger partial charge in [0.25, 0.3) is 0 Å². The zero-order valence-corrected chi connectivity index (χ0v) is 8.03. The molecule has 3 heteroatoms. The van der Waals surface area contributed by atoms with E-state index in [9.17, 15) is 4.39 Å². The minimum atomic E-state index is -0.376. The van der Waals surface area contributed by atoms with E-state index in [0.29, 0.717) is 6.42 Å². The summed E-state index contributed by atoms with van der Waals surface area (Å²) in [6.07, 6.45) is 4.13. The van der Waals surface area contributed by atoms with Gasteiger partial charge in [-0.2, -0.15) is 0 Å². The maximum absolute atomic E-state index is 13.2. The summed E-state index contributed by atoms with van der Waals surface area (Å²) in [6, 6.07) is 4.73. The quantitative estimate of drug-likeness (QED) is 0.800. The van der Waals surface area contributed by atoms with Crippen LogP contribution in [0.2, 0.25) is 0 Å². The Bertz CT molecular complexity index is 321. The third-order valence-electron chi connectivity index (χ3n) is 1.78. The predicted molar refractivity (Wildman–Crippen MR) is 53.7 cm³/mol. The van der Waals surface area contributed by atoms with Gasteiger partial charge >= 0.3 is 0 Å². The van der Waals surface area contributed by atoms with Crippen LogP contribution in [0.15, 0.2) is 24.3 Å². The number of benzene rings is 1. The van der Waals surface area contributed by atoms with Gasteiger partial charge in [-0.3, -0.25) is 0 Å². The fourth-order valence-corrected chi connectivity index (χ4v) is 1.08. The molecule has 0 fully saturated rings. The van der Waals surface area contributed by atoms with Crippen LogP contribution in [0.25, 0.3) is 6.08 Å². The van der Waals surface area contributed by atoms with Gasteiger partial charge in [0.05, 0.1) is 7.11 Å². The molecule has 0 amide bonds. The molecule has 0 spiro atoms. The van der Waals surface area contributed by atoms with Crippen LogP contribution in [0.5, 0.6) is 5.75 Å². The highest BCUT2D eigenvalue weighted by Gasteiger charge is 2.00. The minimum Gasteiger partial charge on any atom is -0.494 e. The molecule has 1 rings (SSSR count). The minimum absolute atomic E-state index is 0.106. The SMILES string of the molecule is COc1ccc(C=CCCO)cc1F. The summed E-state index contributed by atoms with van der Waals surface area (Å²) in [5, 5.41) is 8.54. The number of rotatable bonds is 4. The first-order valence-electron chi connectivity index (χ1n) is 4.39. The molecule has 76 valence electrons. The molecular weight excluding hydrogens is 183 g/mol. The summed E-state index contributed by atoms with van der Waals surface area (Å²) in [5.41, 5.74) is 0.761. The smallest absolute Gasteiger partial charge is 0.165 e. The highest BCUT2D eigenvalue weighted by molar-refractivity contribution is 5.50. The van der Waals surface area contributed by atoms with Crippen molar-refractivity contribution < 1.29 is 14.2 Å². The number of aliphatic hydroxyl groups is 1. The first-order chi connectivity index (χ1) is 6.77. The third kappa shape index (κ3) is 2.85. The second-order valence-electron chi connectivity index (χ2n) is 2.81. The summed E-state index contributed by atoms with van der Waals surface area (Å²) < 4.78 is 17.9. The number of halogens is 1. The Morgan fingerprint density at radius 1 is 1.50 bits per heavy atom. The van der Waals surface area contributed by atoms with E-state index in [1.165, 1.54) is 13.2 Å². The van der Waals surface area contributed by atoms with E-state index in [0.717, 1.165) is 5.56 Å². The predicted octanol–water partition coefficient (Wildman–Crippen LogP) is 2.23. The maximum atomic E-state index is 13.2. The van der Waals surface area contributed by atoms with E-state index < -0.39 is 0 Å². The number of methoxy groups -OCH3 is 1. The van der Waals surface area contributed by atoms with Crippen molar-refractivity contribution in [2.45, 2.75) is 6.42 Å². The lowest BCUT2D eigenvalue weighted by Crippen LogP contribution is -1.87. The average molecular weight is 196 g/mol. The van der Waals surface area contributed by atoms with Crippen LogP contribution in [0.1, 0.15) is 12.0 Å². The van der Waals surface area contributed by atoms with Crippen LogP contribution in [-0.4, -0.2) is 18.8 Å². The molecule has 1 N–H and O–H groups in total. The Balaban J connectivity index is 2.76. The summed E-state index contributed by atoms with van der Waals surface area (Å²) in [7, 11) is 1.43. The van der Waals surface area contributed by atoms with Gasteiger partial charge in [-0.25, -0.2) is 4.39 Å². The topological polar surface area (TPSA) is 29.5 Å². The Morgan fingerprint density at radius 2 is 2.29 bits per heavy atom. The van der Waals surface area contributed by atoms with Gasteiger partial charge in [0.2, 0.25) is 0 Å². The molecule has 2 nitrogen and oxygen atoms in total. The van der Waals surface area contributed by atoms with Crippen LogP contribution >= 0.6 is 0 Å². The van der Waals surface area contributed by atoms with Crippen molar-refractivity contribution >= 4 is 6.08 Å². The van der Waals surface area contributed by atoms with Gasteiger partial charge in [0.1, 0.15) is 0 Å². The number of aliphatic hydroxyl groups excluding tert-OH is 1. The van der Waals surface area contributed by atoms with E-state index in [4.69, 9.17) is 9.84 Å². The molecule has 0 unspecified atom stereocenters. The molecule has 0 atom stereocenters. The monoisotopic (exact) mass is 196 g/mol. The van der Waals surface area contributed by atoms with Crippen LogP contribution < -0.4 is 4.74 Å². The van der Waals surface area contributed by atoms with E-state index in [1.54, 1.807) is 24.3 Å². The van der Waals surface area contributed by atoms with Gasteiger partial charge < -0.3 is 9.84 Å². The van der Waals surface area contributed by atoms with E-state index in [-0.39, 0.29) is 18.2 Å². The number of ether oxygens (including phenoxy) is 1. The summed E-state index contributed by atoms with van der Waals surface area (Å²) in [4.78, 5) is 0. The average Bonchev–Trinajstić information content (AvgIpc) is 2.18. The molecule has 1 aromatic carbocycles.